The van der Waals surface area contributed by atoms with E-state index in [1.54, 1.807) is 5.43 Å². The fourth-order valence-corrected chi connectivity index (χ4v) is 0.803. The number of primary amides is 1. The van der Waals surface area contributed by atoms with E-state index in [1.165, 1.54) is 0 Å². The van der Waals surface area contributed by atoms with Crippen LogP contribution in [0.2, 0.25) is 0 Å². The Kier molecular flexibility index (Phi) is 6.53. The topological polar surface area (TPSA) is 169 Å². The predicted molar refractivity (Wildman–Crippen MR) is 52.3 cm³/mol. The van der Waals surface area contributed by atoms with Gasteiger partial charge in [0.05, 0.1) is 12.8 Å². The van der Waals surface area contributed by atoms with Gasteiger partial charge in [0, 0.05) is 0 Å². The monoisotopic (exact) mass is 237 g/mol. The van der Waals surface area contributed by atoms with Crippen molar-refractivity contribution in [2.75, 3.05) is 6.61 Å². The Morgan fingerprint density at radius 2 is 1.88 bits per heavy atom. The number of amides is 2. The van der Waals surface area contributed by atoms with Crippen LogP contribution >= 0.6 is 0 Å². The molecule has 0 spiro atoms. The summed E-state index contributed by atoms with van der Waals surface area (Å²) in [5.74, 6) is 0. The van der Waals surface area contributed by atoms with Gasteiger partial charge in [-0.15, -0.1) is 0 Å². The molecule has 0 aromatic rings. The van der Waals surface area contributed by atoms with Gasteiger partial charge in [0.2, 0.25) is 0 Å². The van der Waals surface area contributed by atoms with Gasteiger partial charge in [-0.2, -0.15) is 5.10 Å². The molecule has 0 radical (unpaired) electrons. The van der Waals surface area contributed by atoms with Crippen molar-refractivity contribution in [2.45, 2.75) is 24.4 Å². The summed E-state index contributed by atoms with van der Waals surface area (Å²) < 4.78 is 0. The van der Waals surface area contributed by atoms with Gasteiger partial charge in [-0.1, -0.05) is 0 Å². The molecule has 0 aliphatic carbocycles. The van der Waals surface area contributed by atoms with Crippen molar-refractivity contribution in [1.82, 2.24) is 5.43 Å². The quantitative estimate of drug-likeness (QED) is 0.184. The van der Waals surface area contributed by atoms with Crippen LogP contribution < -0.4 is 11.2 Å². The summed E-state index contributed by atoms with van der Waals surface area (Å²) in [6.07, 6.45) is -6.03. The van der Waals surface area contributed by atoms with E-state index in [0.717, 1.165) is 0 Å². The number of carbonyl (C=O) groups excluding carboxylic acids is 1. The zero-order valence-corrected chi connectivity index (χ0v) is 8.26. The minimum Gasteiger partial charge on any atom is -0.394 e. The van der Waals surface area contributed by atoms with E-state index >= 15 is 0 Å². The van der Waals surface area contributed by atoms with Crippen molar-refractivity contribution in [3.63, 3.8) is 0 Å². The maximum atomic E-state index is 10.2. The Balaban J connectivity index is 4.21. The van der Waals surface area contributed by atoms with Gasteiger partial charge in [-0.05, 0) is 0 Å². The molecule has 0 aliphatic heterocycles. The molecule has 2 amide bonds. The molecule has 0 aliphatic rings. The third-order valence-electron chi connectivity index (χ3n) is 1.68. The number of nitrogens with one attached hydrogen (secondary N) is 1. The Morgan fingerprint density at radius 3 is 2.31 bits per heavy atom. The van der Waals surface area contributed by atoms with Crippen LogP contribution in [-0.4, -0.2) is 68.8 Å². The van der Waals surface area contributed by atoms with Crippen molar-refractivity contribution >= 4 is 12.2 Å². The van der Waals surface area contributed by atoms with Gasteiger partial charge >= 0.3 is 6.03 Å². The molecule has 4 atom stereocenters. The highest BCUT2D eigenvalue weighted by Gasteiger charge is 2.29. The average molecular weight is 237 g/mol. The molecule has 0 saturated heterocycles. The van der Waals surface area contributed by atoms with Crippen LogP contribution in [0.1, 0.15) is 0 Å². The summed E-state index contributed by atoms with van der Waals surface area (Å²) in [5.41, 5.74) is 6.41. The van der Waals surface area contributed by atoms with E-state index in [1.807, 2.05) is 0 Å². The predicted octanol–water partition coefficient (Wildman–Crippen LogP) is -3.92. The molecule has 0 fully saturated rings. The smallest absolute Gasteiger partial charge is 0.332 e. The normalized spacial score (nSPS) is 19.1. The second-order valence-electron chi connectivity index (χ2n) is 2.98. The summed E-state index contributed by atoms with van der Waals surface area (Å²) in [5, 5.41) is 48.2. The van der Waals surface area contributed by atoms with Crippen LogP contribution in [0.25, 0.3) is 0 Å². The highest BCUT2D eigenvalue weighted by molar-refractivity contribution is 5.73. The number of aliphatic hydroxyl groups excluding tert-OH is 5. The third kappa shape index (κ3) is 5.00. The lowest BCUT2D eigenvalue weighted by Crippen LogP contribution is -2.46. The first kappa shape index (κ1) is 14.7. The molecule has 0 saturated carbocycles. The Morgan fingerprint density at radius 1 is 1.31 bits per heavy atom. The summed E-state index contributed by atoms with van der Waals surface area (Å²) >= 11 is 0. The number of rotatable bonds is 6. The molecule has 9 nitrogen and oxygen atoms in total. The first-order valence-electron chi connectivity index (χ1n) is 4.32. The van der Waals surface area contributed by atoms with Gasteiger partial charge < -0.3 is 31.3 Å². The third-order valence-corrected chi connectivity index (χ3v) is 1.68. The van der Waals surface area contributed by atoms with Crippen LogP contribution in [-0.2, 0) is 0 Å². The number of hydrogen-bond acceptors (Lipinski definition) is 7. The first-order chi connectivity index (χ1) is 7.40. The van der Waals surface area contributed by atoms with Crippen LogP contribution in [0.15, 0.2) is 5.10 Å². The molecule has 0 aromatic carbocycles. The molecule has 0 heterocycles. The van der Waals surface area contributed by atoms with Crippen molar-refractivity contribution in [3.05, 3.63) is 0 Å². The van der Waals surface area contributed by atoms with E-state index in [4.69, 9.17) is 10.2 Å². The van der Waals surface area contributed by atoms with Crippen molar-refractivity contribution in [3.8, 4) is 0 Å². The van der Waals surface area contributed by atoms with Crippen LogP contribution in [0.3, 0.4) is 0 Å². The summed E-state index contributed by atoms with van der Waals surface area (Å²) in [4.78, 5) is 10.2. The summed E-state index contributed by atoms with van der Waals surface area (Å²) in [7, 11) is 0. The second-order valence-corrected chi connectivity index (χ2v) is 2.98. The maximum Gasteiger partial charge on any atom is 0.332 e. The highest BCUT2D eigenvalue weighted by atomic mass is 16.4. The number of hydrogen-bond donors (Lipinski definition) is 7. The molecular weight excluding hydrogens is 222 g/mol. The Hall–Kier alpha value is -1.26. The van der Waals surface area contributed by atoms with E-state index in [2.05, 4.69) is 10.8 Å². The molecule has 9 heteroatoms. The van der Waals surface area contributed by atoms with Crippen molar-refractivity contribution in [2.24, 2.45) is 10.8 Å². The summed E-state index contributed by atoms with van der Waals surface area (Å²) in [6, 6.07) is -0.964. The molecule has 0 unspecified atom stereocenters. The van der Waals surface area contributed by atoms with Gasteiger partial charge in [-0.25, -0.2) is 10.2 Å². The number of aliphatic hydroxyl groups is 5. The lowest BCUT2D eigenvalue weighted by atomic mass is 10.0. The lowest BCUT2D eigenvalue weighted by Gasteiger charge is -2.23. The fraction of sp³-hybridized carbons (Fsp3) is 0.714. The first-order valence-corrected chi connectivity index (χ1v) is 4.32. The molecule has 16 heavy (non-hydrogen) atoms. The van der Waals surface area contributed by atoms with Crippen molar-refractivity contribution < 1.29 is 30.3 Å². The number of nitrogens with two attached hydrogens (primary N) is 1. The van der Waals surface area contributed by atoms with Gasteiger partial charge in [-0.3, -0.25) is 0 Å². The second kappa shape index (κ2) is 7.09. The fourth-order valence-electron chi connectivity index (χ4n) is 0.803. The largest absolute Gasteiger partial charge is 0.394 e. The molecule has 0 rings (SSSR count). The van der Waals surface area contributed by atoms with E-state index in [9.17, 15) is 20.1 Å². The minimum absolute atomic E-state index is 0.711. The number of hydrazone groups is 1. The highest BCUT2D eigenvalue weighted by Crippen LogP contribution is 2.03. The van der Waals surface area contributed by atoms with E-state index in [0.29, 0.717) is 6.21 Å². The number of carbonyl (C=O) groups is 1. The Labute approximate surface area is 90.8 Å². The Bertz CT molecular complexity index is 248. The van der Waals surface area contributed by atoms with Crippen LogP contribution in [0, 0.1) is 0 Å². The van der Waals surface area contributed by atoms with E-state index < -0.39 is 37.1 Å². The SMILES string of the molecule is NC(=O)N/N=C\[C@H](O)[C@H](O)[C@@H](O)[C@H](O)CO. The van der Waals surface area contributed by atoms with Gasteiger partial charge in [0.25, 0.3) is 0 Å². The molecule has 0 aromatic heterocycles. The zero-order valence-electron chi connectivity index (χ0n) is 8.26. The standard InChI is InChI=1S/C7H15N3O6/c8-7(16)10-9-1-3(12)5(14)6(15)4(13)2-11/h1,3-6,11-15H,2H2,(H3,8,10,16)/b9-1-/t3-,4+,5-,6-/m0/s1. The van der Waals surface area contributed by atoms with Crippen molar-refractivity contribution in [1.29, 1.82) is 0 Å². The zero-order chi connectivity index (χ0) is 12.7. The van der Waals surface area contributed by atoms with Crippen LogP contribution in [0.5, 0.6) is 0 Å². The number of nitrogens with zero attached hydrogens (tertiary/aromatic N) is 1. The van der Waals surface area contributed by atoms with Crippen LogP contribution in [0.4, 0.5) is 4.79 Å². The summed E-state index contributed by atoms with van der Waals surface area (Å²) in [6.45, 7) is -0.776. The lowest BCUT2D eigenvalue weighted by molar-refractivity contribution is -0.0999. The molecule has 94 valence electrons. The van der Waals surface area contributed by atoms with Gasteiger partial charge in [0.15, 0.2) is 0 Å². The molecular formula is C7H15N3O6. The van der Waals surface area contributed by atoms with E-state index in [-0.39, 0.29) is 0 Å². The molecule has 8 N–H and O–H groups in total. The minimum atomic E-state index is -1.76. The molecule has 0 bridgehead atoms. The van der Waals surface area contributed by atoms with Gasteiger partial charge in [0.1, 0.15) is 24.4 Å². The number of urea groups is 1. The average Bonchev–Trinajstić information content (AvgIpc) is 2.25. The maximum absolute atomic E-state index is 10.2.